The molecule has 5 rings (SSSR count). The summed E-state index contributed by atoms with van der Waals surface area (Å²) in [4.78, 5) is 18.0. The number of nitrogens with one attached hydrogen (secondary N) is 1. The predicted octanol–water partition coefficient (Wildman–Crippen LogP) is 5.89. The van der Waals surface area contributed by atoms with E-state index in [-0.39, 0.29) is 11.2 Å². The fourth-order valence-corrected chi connectivity index (χ4v) is 5.71. The Morgan fingerprint density at radius 3 is 2.39 bits per heavy atom. The molecule has 9 heteroatoms. The lowest BCUT2D eigenvalue weighted by atomic mass is 10.1. The van der Waals surface area contributed by atoms with Gasteiger partial charge in [-0.1, -0.05) is 66.2 Å². The van der Waals surface area contributed by atoms with E-state index < -0.39 is 0 Å². The molecule has 0 radical (unpaired) electrons. The van der Waals surface area contributed by atoms with Crippen molar-refractivity contribution < 1.29 is 14.3 Å². The summed E-state index contributed by atoms with van der Waals surface area (Å²) in [5, 5.41) is 13.3. The monoisotopic (exact) mass is 569 g/mol. The van der Waals surface area contributed by atoms with Crippen LogP contribution in [-0.2, 0) is 17.8 Å². The molecule has 0 bridgehead atoms. The highest BCUT2D eigenvalue weighted by molar-refractivity contribution is 8.00. The number of aryl methyl sites for hydroxylation is 2. The van der Waals surface area contributed by atoms with Gasteiger partial charge in [-0.15, -0.1) is 10.2 Å². The van der Waals surface area contributed by atoms with Crippen LogP contribution in [0.25, 0.3) is 22.1 Å². The maximum atomic E-state index is 13.1. The highest BCUT2D eigenvalue weighted by atomic mass is 32.2. The SMILES string of the molecule is CCC(Sc1nnc2c3cc(C)ccc3n(Cc3ccc(C)cc3)c2n1)C(=O)NCCc1ccc(OC)c(OC)c1. The van der Waals surface area contributed by atoms with Crippen LogP contribution in [0, 0.1) is 13.8 Å². The van der Waals surface area contributed by atoms with Crippen molar-refractivity contribution in [1.29, 1.82) is 0 Å². The van der Waals surface area contributed by atoms with E-state index >= 15 is 0 Å². The largest absolute Gasteiger partial charge is 0.493 e. The first-order valence-corrected chi connectivity index (χ1v) is 14.6. The van der Waals surface area contributed by atoms with E-state index in [1.54, 1.807) is 14.2 Å². The topological polar surface area (TPSA) is 91.2 Å². The highest BCUT2D eigenvalue weighted by Gasteiger charge is 2.22. The number of thioether (sulfide) groups is 1. The summed E-state index contributed by atoms with van der Waals surface area (Å²) < 4.78 is 12.9. The fraction of sp³-hybridized carbons (Fsp3) is 0.312. The summed E-state index contributed by atoms with van der Waals surface area (Å²) >= 11 is 1.35. The Hall–Kier alpha value is -4.11. The number of carbonyl (C=O) groups excluding carboxylic acids is 1. The van der Waals surface area contributed by atoms with Crippen molar-refractivity contribution in [2.45, 2.75) is 50.6 Å². The van der Waals surface area contributed by atoms with Crippen molar-refractivity contribution in [1.82, 2.24) is 25.1 Å². The Kier molecular flexibility index (Phi) is 8.73. The van der Waals surface area contributed by atoms with Crippen LogP contribution in [-0.4, -0.2) is 51.7 Å². The van der Waals surface area contributed by atoms with Crippen molar-refractivity contribution in [2.24, 2.45) is 0 Å². The molecule has 0 aliphatic rings. The highest BCUT2D eigenvalue weighted by Crippen LogP contribution is 2.31. The molecular formula is C32H35N5O3S. The van der Waals surface area contributed by atoms with Gasteiger partial charge in [0.25, 0.3) is 0 Å². The van der Waals surface area contributed by atoms with E-state index in [9.17, 15) is 4.79 Å². The molecule has 212 valence electrons. The van der Waals surface area contributed by atoms with Crippen molar-refractivity contribution in [3.8, 4) is 11.5 Å². The third kappa shape index (κ3) is 6.30. The fourth-order valence-electron chi connectivity index (χ4n) is 4.87. The summed E-state index contributed by atoms with van der Waals surface area (Å²) in [5.74, 6) is 1.31. The van der Waals surface area contributed by atoms with Crippen molar-refractivity contribution >= 4 is 39.7 Å². The van der Waals surface area contributed by atoms with E-state index in [1.807, 2.05) is 25.1 Å². The first-order chi connectivity index (χ1) is 19.9. The molecule has 2 heterocycles. The molecule has 5 aromatic rings. The van der Waals surface area contributed by atoms with Gasteiger partial charge in [-0.2, -0.15) is 0 Å². The zero-order valence-corrected chi connectivity index (χ0v) is 24.9. The van der Waals surface area contributed by atoms with Gasteiger partial charge < -0.3 is 19.4 Å². The van der Waals surface area contributed by atoms with Crippen LogP contribution in [0.1, 0.15) is 35.6 Å². The number of amides is 1. The molecule has 0 saturated carbocycles. The number of fused-ring (bicyclic) bond motifs is 3. The number of aromatic nitrogens is 4. The van der Waals surface area contributed by atoms with Crippen LogP contribution in [0.4, 0.5) is 0 Å². The Morgan fingerprint density at radius 2 is 1.66 bits per heavy atom. The van der Waals surface area contributed by atoms with Gasteiger partial charge in [-0.3, -0.25) is 4.79 Å². The zero-order valence-electron chi connectivity index (χ0n) is 24.1. The van der Waals surface area contributed by atoms with Crippen LogP contribution < -0.4 is 14.8 Å². The van der Waals surface area contributed by atoms with Crippen molar-refractivity contribution in [3.63, 3.8) is 0 Å². The Balaban J connectivity index is 1.34. The van der Waals surface area contributed by atoms with Gasteiger partial charge in [-0.05, 0) is 62.1 Å². The second-order valence-electron chi connectivity index (χ2n) is 10.1. The van der Waals surface area contributed by atoms with E-state index in [4.69, 9.17) is 14.5 Å². The minimum Gasteiger partial charge on any atom is -0.493 e. The first kappa shape index (κ1) is 28.4. The molecule has 0 fully saturated rings. The number of carbonyl (C=O) groups is 1. The molecule has 1 atom stereocenters. The van der Waals surface area contributed by atoms with Gasteiger partial charge in [0.05, 0.1) is 25.0 Å². The maximum absolute atomic E-state index is 13.1. The molecule has 1 amide bonds. The van der Waals surface area contributed by atoms with Crippen molar-refractivity contribution in [2.75, 3.05) is 20.8 Å². The standard InChI is InChI=1S/C32H35N5O3S/c1-6-28(31(38)33-16-15-22-12-14-26(39-4)27(18-22)40-5)41-32-34-30-29(35-36-32)24-17-21(3)9-13-25(24)37(30)19-23-10-7-20(2)8-11-23/h7-14,17-18,28H,6,15-16,19H2,1-5H3,(H,33,38). The summed E-state index contributed by atoms with van der Waals surface area (Å²) in [7, 11) is 3.23. The van der Waals surface area contributed by atoms with E-state index in [0.717, 1.165) is 33.2 Å². The van der Waals surface area contributed by atoms with Crippen LogP contribution in [0.2, 0.25) is 0 Å². The van der Waals surface area contributed by atoms with E-state index in [0.29, 0.717) is 42.6 Å². The minimum absolute atomic E-state index is 0.0440. The average molecular weight is 570 g/mol. The molecule has 3 aromatic carbocycles. The second kappa shape index (κ2) is 12.6. The zero-order chi connectivity index (χ0) is 28.9. The lowest BCUT2D eigenvalue weighted by Crippen LogP contribution is -2.33. The predicted molar refractivity (Wildman–Crippen MR) is 164 cm³/mol. The molecule has 0 aliphatic heterocycles. The van der Waals surface area contributed by atoms with Gasteiger partial charge in [0.15, 0.2) is 17.1 Å². The molecule has 1 N–H and O–H groups in total. The van der Waals surface area contributed by atoms with Crippen LogP contribution in [0.3, 0.4) is 0 Å². The number of benzene rings is 3. The van der Waals surface area contributed by atoms with E-state index in [1.165, 1.54) is 22.9 Å². The summed E-state index contributed by atoms with van der Waals surface area (Å²) in [6, 6.07) is 20.7. The normalized spacial score (nSPS) is 12.0. The van der Waals surface area contributed by atoms with E-state index in [2.05, 4.69) is 76.4 Å². The van der Waals surface area contributed by atoms with Crippen LogP contribution >= 0.6 is 11.8 Å². The Morgan fingerprint density at radius 1 is 0.927 bits per heavy atom. The molecule has 41 heavy (non-hydrogen) atoms. The van der Waals surface area contributed by atoms with Gasteiger partial charge >= 0.3 is 0 Å². The Labute approximate surface area is 244 Å². The summed E-state index contributed by atoms with van der Waals surface area (Å²) in [5.41, 5.74) is 7.22. The molecule has 1 unspecified atom stereocenters. The Bertz CT molecular complexity index is 1680. The molecule has 0 spiro atoms. The van der Waals surface area contributed by atoms with Gasteiger partial charge in [0.1, 0.15) is 5.52 Å². The molecule has 8 nitrogen and oxygen atoms in total. The number of ether oxygens (including phenoxy) is 2. The number of methoxy groups -OCH3 is 2. The van der Waals surface area contributed by atoms with Crippen LogP contribution in [0.5, 0.6) is 11.5 Å². The van der Waals surface area contributed by atoms with Crippen LogP contribution in [0.15, 0.2) is 65.8 Å². The molecule has 0 saturated heterocycles. The third-order valence-corrected chi connectivity index (χ3v) is 8.35. The minimum atomic E-state index is -0.336. The smallest absolute Gasteiger partial charge is 0.233 e. The average Bonchev–Trinajstić information content (AvgIpc) is 3.28. The molecule has 2 aromatic heterocycles. The molecule has 0 aliphatic carbocycles. The van der Waals surface area contributed by atoms with Gasteiger partial charge in [0, 0.05) is 18.5 Å². The number of rotatable bonds is 11. The van der Waals surface area contributed by atoms with Crippen molar-refractivity contribution in [3.05, 3.63) is 82.9 Å². The summed E-state index contributed by atoms with van der Waals surface area (Å²) in [6.45, 7) is 7.33. The first-order valence-electron chi connectivity index (χ1n) is 13.7. The number of hydrogen-bond donors (Lipinski definition) is 1. The third-order valence-electron chi connectivity index (χ3n) is 7.14. The second-order valence-corrected chi connectivity index (χ2v) is 11.3. The lowest BCUT2D eigenvalue weighted by Gasteiger charge is -2.14. The quantitative estimate of drug-likeness (QED) is 0.198. The molecular weight excluding hydrogens is 534 g/mol. The maximum Gasteiger partial charge on any atom is 0.233 e. The summed E-state index contributed by atoms with van der Waals surface area (Å²) in [6.07, 6.45) is 1.32. The number of nitrogens with zero attached hydrogens (tertiary/aromatic N) is 4. The van der Waals surface area contributed by atoms with Gasteiger partial charge in [-0.25, -0.2) is 4.98 Å². The lowest BCUT2D eigenvalue weighted by molar-refractivity contribution is -0.120. The van der Waals surface area contributed by atoms with Gasteiger partial charge in [0.2, 0.25) is 11.1 Å². The number of hydrogen-bond acceptors (Lipinski definition) is 7.